The molecule has 0 saturated carbocycles. The summed E-state index contributed by atoms with van der Waals surface area (Å²) in [7, 11) is 0. The molecule has 0 aliphatic carbocycles. The SMILES string of the molecule is Fc1cc2c(cc1F)[C@@H]1NCCC[C@@H]1O2. The zero-order valence-corrected chi connectivity index (χ0v) is 8.09. The Balaban J connectivity index is 2.04. The molecule has 2 aliphatic rings. The fraction of sp³-hybridized carbons (Fsp3) is 0.455. The summed E-state index contributed by atoms with van der Waals surface area (Å²) in [5.74, 6) is -1.16. The number of benzene rings is 1. The minimum atomic E-state index is -0.840. The summed E-state index contributed by atoms with van der Waals surface area (Å²) in [6.07, 6.45) is 2.02. The summed E-state index contributed by atoms with van der Waals surface area (Å²) in [5.41, 5.74) is 0.749. The Labute approximate surface area is 86.2 Å². The normalized spacial score (nSPS) is 28.1. The zero-order valence-electron chi connectivity index (χ0n) is 8.09. The Kier molecular flexibility index (Phi) is 1.92. The summed E-state index contributed by atoms with van der Waals surface area (Å²) < 4.78 is 31.6. The lowest BCUT2D eigenvalue weighted by atomic mass is 9.97. The minimum absolute atomic E-state index is 0.0313. The second-order valence-corrected chi connectivity index (χ2v) is 4.03. The molecule has 4 heteroatoms. The first kappa shape index (κ1) is 9.09. The van der Waals surface area contributed by atoms with E-state index >= 15 is 0 Å². The van der Waals surface area contributed by atoms with Crippen molar-refractivity contribution in [1.82, 2.24) is 5.32 Å². The number of hydrogen-bond acceptors (Lipinski definition) is 2. The molecule has 0 aromatic heterocycles. The van der Waals surface area contributed by atoms with Crippen molar-refractivity contribution in [1.29, 1.82) is 0 Å². The number of hydrogen-bond donors (Lipinski definition) is 1. The molecular formula is C11H11F2NO. The Hall–Kier alpha value is -1.16. The highest BCUT2D eigenvalue weighted by Crippen LogP contribution is 2.40. The van der Waals surface area contributed by atoms with Crippen LogP contribution in [0.5, 0.6) is 5.75 Å². The summed E-state index contributed by atoms with van der Waals surface area (Å²) in [5, 5.41) is 3.27. The number of fused-ring (bicyclic) bond motifs is 3. The number of halogens is 2. The van der Waals surface area contributed by atoms with Crippen LogP contribution < -0.4 is 10.1 Å². The second kappa shape index (κ2) is 3.17. The fourth-order valence-electron chi connectivity index (χ4n) is 2.35. The second-order valence-electron chi connectivity index (χ2n) is 4.03. The highest BCUT2D eigenvalue weighted by Gasteiger charge is 2.36. The van der Waals surface area contributed by atoms with Crippen LogP contribution in [0.2, 0.25) is 0 Å². The number of rotatable bonds is 0. The van der Waals surface area contributed by atoms with Crippen LogP contribution in [-0.4, -0.2) is 12.6 Å². The van der Waals surface area contributed by atoms with E-state index in [0.717, 1.165) is 31.0 Å². The number of nitrogens with one attached hydrogen (secondary N) is 1. The topological polar surface area (TPSA) is 21.3 Å². The smallest absolute Gasteiger partial charge is 0.162 e. The third-order valence-corrected chi connectivity index (χ3v) is 3.07. The van der Waals surface area contributed by atoms with Crippen LogP contribution in [0.25, 0.3) is 0 Å². The van der Waals surface area contributed by atoms with Crippen molar-refractivity contribution in [3.8, 4) is 5.75 Å². The Morgan fingerprint density at radius 2 is 2.07 bits per heavy atom. The summed E-state index contributed by atoms with van der Waals surface area (Å²) in [6.45, 7) is 0.906. The van der Waals surface area contributed by atoms with Crippen LogP contribution in [0.3, 0.4) is 0 Å². The lowest BCUT2D eigenvalue weighted by Gasteiger charge is -2.25. The maximum atomic E-state index is 13.1. The Bertz CT molecular complexity index is 408. The van der Waals surface area contributed by atoms with Gasteiger partial charge in [0.05, 0.1) is 6.04 Å². The van der Waals surface area contributed by atoms with Crippen molar-refractivity contribution >= 4 is 0 Å². The molecule has 1 fully saturated rings. The first-order valence-corrected chi connectivity index (χ1v) is 5.14. The van der Waals surface area contributed by atoms with Crippen molar-refractivity contribution in [2.45, 2.75) is 25.0 Å². The molecule has 0 spiro atoms. The van der Waals surface area contributed by atoms with Gasteiger partial charge in [0, 0.05) is 11.6 Å². The van der Waals surface area contributed by atoms with Gasteiger partial charge in [0.25, 0.3) is 0 Å². The van der Waals surface area contributed by atoms with Gasteiger partial charge in [0.2, 0.25) is 0 Å². The van der Waals surface area contributed by atoms with Crippen molar-refractivity contribution in [3.63, 3.8) is 0 Å². The summed E-state index contributed by atoms with van der Waals surface area (Å²) in [6, 6.07) is 2.42. The fourth-order valence-corrected chi connectivity index (χ4v) is 2.35. The van der Waals surface area contributed by atoms with Gasteiger partial charge in [-0.15, -0.1) is 0 Å². The van der Waals surface area contributed by atoms with Gasteiger partial charge < -0.3 is 10.1 Å². The molecule has 0 amide bonds. The first-order chi connectivity index (χ1) is 7.25. The molecule has 0 radical (unpaired) electrons. The lowest BCUT2D eigenvalue weighted by Crippen LogP contribution is -2.36. The van der Waals surface area contributed by atoms with Crippen molar-refractivity contribution in [2.75, 3.05) is 6.54 Å². The van der Waals surface area contributed by atoms with Crippen molar-refractivity contribution in [2.24, 2.45) is 0 Å². The van der Waals surface area contributed by atoms with Gasteiger partial charge in [-0.2, -0.15) is 0 Å². The van der Waals surface area contributed by atoms with Crippen LogP contribution in [-0.2, 0) is 0 Å². The molecule has 0 bridgehead atoms. The van der Waals surface area contributed by atoms with Gasteiger partial charge in [0.1, 0.15) is 11.9 Å². The standard InChI is InChI=1S/C11H11F2NO/c12-7-4-6-10(5-8(7)13)15-9-2-1-3-14-11(6)9/h4-5,9,11,14H,1-3H2/t9-,11-/m0/s1. The molecule has 1 saturated heterocycles. The molecule has 2 nitrogen and oxygen atoms in total. The molecule has 2 aliphatic heterocycles. The average molecular weight is 211 g/mol. The minimum Gasteiger partial charge on any atom is -0.488 e. The van der Waals surface area contributed by atoms with E-state index in [0.29, 0.717) is 5.75 Å². The molecule has 2 atom stereocenters. The van der Waals surface area contributed by atoms with Gasteiger partial charge >= 0.3 is 0 Å². The number of ether oxygens (including phenoxy) is 1. The van der Waals surface area contributed by atoms with Crippen molar-refractivity contribution < 1.29 is 13.5 Å². The summed E-state index contributed by atoms with van der Waals surface area (Å²) in [4.78, 5) is 0. The first-order valence-electron chi connectivity index (χ1n) is 5.14. The van der Waals surface area contributed by atoms with Crippen molar-refractivity contribution in [3.05, 3.63) is 29.3 Å². The molecule has 1 aromatic rings. The summed E-state index contributed by atoms with van der Waals surface area (Å²) >= 11 is 0. The molecular weight excluding hydrogens is 200 g/mol. The van der Waals surface area contributed by atoms with E-state index in [-0.39, 0.29) is 12.1 Å². The van der Waals surface area contributed by atoms with Crippen LogP contribution in [0.1, 0.15) is 24.4 Å². The third-order valence-electron chi connectivity index (χ3n) is 3.07. The van der Waals surface area contributed by atoms with E-state index in [9.17, 15) is 8.78 Å². The zero-order chi connectivity index (χ0) is 10.4. The molecule has 15 heavy (non-hydrogen) atoms. The molecule has 1 aromatic carbocycles. The largest absolute Gasteiger partial charge is 0.488 e. The van der Waals surface area contributed by atoms with E-state index < -0.39 is 11.6 Å². The number of piperidine rings is 1. The van der Waals surface area contributed by atoms with E-state index in [1.54, 1.807) is 0 Å². The Morgan fingerprint density at radius 1 is 1.27 bits per heavy atom. The molecule has 1 N–H and O–H groups in total. The monoisotopic (exact) mass is 211 g/mol. The third kappa shape index (κ3) is 1.32. The molecule has 3 rings (SSSR count). The molecule has 0 unspecified atom stereocenters. The van der Waals surface area contributed by atoms with Gasteiger partial charge in [-0.3, -0.25) is 0 Å². The van der Waals surface area contributed by atoms with Gasteiger partial charge in [-0.25, -0.2) is 8.78 Å². The van der Waals surface area contributed by atoms with E-state index in [1.807, 2.05) is 0 Å². The highest BCUT2D eigenvalue weighted by atomic mass is 19.2. The van der Waals surface area contributed by atoms with Crippen LogP contribution in [0.15, 0.2) is 12.1 Å². The predicted octanol–water partition coefficient (Wildman–Crippen LogP) is 2.15. The van der Waals surface area contributed by atoms with Crippen LogP contribution in [0.4, 0.5) is 8.78 Å². The van der Waals surface area contributed by atoms with Crippen LogP contribution >= 0.6 is 0 Å². The van der Waals surface area contributed by atoms with Crippen LogP contribution in [0, 0.1) is 11.6 Å². The maximum Gasteiger partial charge on any atom is 0.162 e. The Morgan fingerprint density at radius 3 is 2.93 bits per heavy atom. The highest BCUT2D eigenvalue weighted by molar-refractivity contribution is 5.42. The average Bonchev–Trinajstić information content (AvgIpc) is 2.57. The molecule has 2 heterocycles. The lowest BCUT2D eigenvalue weighted by molar-refractivity contribution is 0.154. The molecule has 80 valence electrons. The van der Waals surface area contributed by atoms with Gasteiger partial charge in [0.15, 0.2) is 11.6 Å². The van der Waals surface area contributed by atoms with Gasteiger partial charge in [-0.1, -0.05) is 0 Å². The van der Waals surface area contributed by atoms with E-state index in [1.165, 1.54) is 6.07 Å². The predicted molar refractivity (Wildman–Crippen MR) is 50.8 cm³/mol. The van der Waals surface area contributed by atoms with E-state index in [2.05, 4.69) is 5.32 Å². The van der Waals surface area contributed by atoms with E-state index in [4.69, 9.17) is 4.74 Å². The van der Waals surface area contributed by atoms with Gasteiger partial charge in [-0.05, 0) is 25.5 Å². The maximum absolute atomic E-state index is 13.1. The quantitative estimate of drug-likeness (QED) is 0.710.